The van der Waals surface area contributed by atoms with Crippen molar-refractivity contribution in [1.82, 2.24) is 5.32 Å². The average molecular weight is 201 g/mol. The monoisotopic (exact) mass is 201 g/mol. The lowest BCUT2D eigenvalue weighted by molar-refractivity contribution is -0.120. The number of carbonyl (C=O) groups is 1. The number of amides is 1. The van der Waals surface area contributed by atoms with Crippen LogP contribution in [-0.4, -0.2) is 11.4 Å². The quantitative estimate of drug-likeness (QED) is 0.729. The third-order valence-corrected chi connectivity index (χ3v) is 1.49. The van der Waals surface area contributed by atoms with Crippen molar-refractivity contribution in [3.8, 4) is 0 Å². The Morgan fingerprint density at radius 1 is 1.07 bits per heavy atom. The summed E-state index contributed by atoms with van der Waals surface area (Å²) in [6, 6.07) is 0. The first-order valence-electron chi connectivity index (χ1n) is 5.41. The fourth-order valence-electron chi connectivity index (χ4n) is 1.85. The Hall–Kier alpha value is -0.530. The van der Waals surface area contributed by atoms with Crippen LogP contribution < -0.4 is 5.32 Å². The molecular formula is C12H27NO. The van der Waals surface area contributed by atoms with Crippen LogP contribution in [0.3, 0.4) is 0 Å². The molecule has 0 fully saturated rings. The van der Waals surface area contributed by atoms with E-state index in [1.54, 1.807) is 6.92 Å². The van der Waals surface area contributed by atoms with E-state index >= 15 is 0 Å². The lowest BCUT2D eigenvalue weighted by atomic mass is 9.82. The van der Waals surface area contributed by atoms with Crippen LogP contribution in [0.5, 0.6) is 0 Å². The van der Waals surface area contributed by atoms with Crippen molar-refractivity contribution in [2.45, 2.75) is 67.3 Å². The number of nitrogens with one attached hydrogen (secondary N) is 1. The van der Waals surface area contributed by atoms with E-state index in [0.29, 0.717) is 0 Å². The highest BCUT2D eigenvalue weighted by Gasteiger charge is 2.25. The molecule has 1 N–H and O–H groups in total. The van der Waals surface area contributed by atoms with Crippen LogP contribution in [0, 0.1) is 5.41 Å². The van der Waals surface area contributed by atoms with Crippen LogP contribution in [0.4, 0.5) is 0 Å². The molecule has 2 heteroatoms. The normalized spacial score (nSPS) is 11.4. The second kappa shape index (κ2) is 6.05. The van der Waals surface area contributed by atoms with Crippen molar-refractivity contribution >= 4 is 5.91 Å². The number of hydrogen-bond acceptors (Lipinski definition) is 1. The van der Waals surface area contributed by atoms with Crippen LogP contribution in [0.25, 0.3) is 0 Å². The molecule has 0 rings (SSSR count). The molecule has 0 aliphatic heterocycles. The van der Waals surface area contributed by atoms with E-state index in [1.165, 1.54) is 0 Å². The van der Waals surface area contributed by atoms with E-state index < -0.39 is 0 Å². The third-order valence-electron chi connectivity index (χ3n) is 1.49. The molecule has 0 aliphatic rings. The fraction of sp³-hybridized carbons (Fsp3) is 0.917. The van der Waals surface area contributed by atoms with Gasteiger partial charge >= 0.3 is 0 Å². The molecule has 86 valence electrons. The zero-order valence-electron chi connectivity index (χ0n) is 11.1. The minimum Gasteiger partial charge on any atom is -0.351 e. The number of carbonyl (C=O) groups excluding carboxylic acids is 1. The van der Waals surface area contributed by atoms with Crippen LogP contribution in [0.15, 0.2) is 0 Å². The lowest BCUT2D eigenvalue weighted by Crippen LogP contribution is -2.44. The van der Waals surface area contributed by atoms with Gasteiger partial charge in [0.15, 0.2) is 0 Å². The molecule has 0 unspecified atom stereocenters. The van der Waals surface area contributed by atoms with Gasteiger partial charge in [0.2, 0.25) is 5.91 Å². The molecule has 0 saturated heterocycles. The smallest absolute Gasteiger partial charge is 0.217 e. The average Bonchev–Trinajstić information content (AvgIpc) is 1.82. The highest BCUT2D eigenvalue weighted by atomic mass is 16.1. The van der Waals surface area contributed by atoms with E-state index in [0.717, 1.165) is 6.42 Å². The van der Waals surface area contributed by atoms with Gasteiger partial charge in [-0.2, -0.15) is 0 Å². The van der Waals surface area contributed by atoms with Gasteiger partial charge in [0.1, 0.15) is 0 Å². The number of hydrogen-bond donors (Lipinski definition) is 1. The van der Waals surface area contributed by atoms with Crippen molar-refractivity contribution in [2.24, 2.45) is 5.41 Å². The van der Waals surface area contributed by atoms with E-state index in [1.807, 2.05) is 13.8 Å². The Kier molecular flexibility index (Phi) is 6.88. The van der Waals surface area contributed by atoms with Gasteiger partial charge in [-0.25, -0.2) is 0 Å². The highest BCUT2D eigenvalue weighted by Crippen LogP contribution is 2.26. The topological polar surface area (TPSA) is 29.1 Å². The van der Waals surface area contributed by atoms with Gasteiger partial charge in [-0.15, -0.1) is 0 Å². The minimum atomic E-state index is -0.0932. The first-order valence-corrected chi connectivity index (χ1v) is 5.41. The Labute approximate surface area is 89.5 Å². The molecule has 0 atom stereocenters. The summed E-state index contributed by atoms with van der Waals surface area (Å²) in [4.78, 5) is 10.8. The van der Waals surface area contributed by atoms with Gasteiger partial charge in [-0.1, -0.05) is 34.6 Å². The fourth-order valence-corrected chi connectivity index (χ4v) is 1.85. The molecular weight excluding hydrogens is 174 g/mol. The SMILES string of the molecule is CC.CC(=O)NC(C)(C)CC(C)(C)C. The van der Waals surface area contributed by atoms with Crippen LogP contribution >= 0.6 is 0 Å². The van der Waals surface area contributed by atoms with E-state index in [2.05, 4.69) is 39.9 Å². The van der Waals surface area contributed by atoms with Gasteiger partial charge in [-0.05, 0) is 25.7 Å². The van der Waals surface area contributed by atoms with Gasteiger partial charge < -0.3 is 5.32 Å². The first-order chi connectivity index (χ1) is 6.12. The predicted molar refractivity (Wildman–Crippen MR) is 63.3 cm³/mol. The molecule has 0 heterocycles. The molecule has 0 radical (unpaired) electrons. The maximum absolute atomic E-state index is 10.8. The van der Waals surface area contributed by atoms with Crippen molar-refractivity contribution in [1.29, 1.82) is 0 Å². The van der Waals surface area contributed by atoms with Crippen LogP contribution in [0.2, 0.25) is 0 Å². The zero-order valence-corrected chi connectivity index (χ0v) is 11.1. The standard InChI is InChI=1S/C10H21NO.C2H6/c1-8(12)11-10(5,6)7-9(2,3)4;1-2/h7H2,1-6H3,(H,11,12);1-2H3. The summed E-state index contributed by atoms with van der Waals surface area (Å²) in [7, 11) is 0. The summed E-state index contributed by atoms with van der Waals surface area (Å²) >= 11 is 0. The molecule has 1 amide bonds. The van der Waals surface area contributed by atoms with Gasteiger partial charge in [0.25, 0.3) is 0 Å². The van der Waals surface area contributed by atoms with E-state index in [4.69, 9.17) is 0 Å². The minimum absolute atomic E-state index is 0.0456. The molecule has 0 saturated carbocycles. The van der Waals surface area contributed by atoms with Crippen molar-refractivity contribution in [3.63, 3.8) is 0 Å². The summed E-state index contributed by atoms with van der Waals surface area (Å²) in [6.07, 6.45) is 0.986. The summed E-state index contributed by atoms with van der Waals surface area (Å²) in [5, 5.41) is 2.94. The zero-order chi connectivity index (χ0) is 12.0. The lowest BCUT2D eigenvalue weighted by Gasteiger charge is -2.32. The Bertz CT molecular complexity index is 166. The van der Waals surface area contributed by atoms with Crippen LogP contribution in [0.1, 0.15) is 61.8 Å². The Morgan fingerprint density at radius 3 is 1.64 bits per heavy atom. The van der Waals surface area contributed by atoms with Crippen molar-refractivity contribution < 1.29 is 4.79 Å². The maximum Gasteiger partial charge on any atom is 0.217 e. The van der Waals surface area contributed by atoms with E-state index in [-0.39, 0.29) is 16.9 Å². The van der Waals surface area contributed by atoms with Gasteiger partial charge in [-0.3, -0.25) is 4.79 Å². The molecule has 2 nitrogen and oxygen atoms in total. The van der Waals surface area contributed by atoms with E-state index in [9.17, 15) is 4.79 Å². The Morgan fingerprint density at radius 2 is 1.43 bits per heavy atom. The maximum atomic E-state index is 10.8. The molecule has 14 heavy (non-hydrogen) atoms. The van der Waals surface area contributed by atoms with Gasteiger partial charge in [0, 0.05) is 12.5 Å². The molecule has 0 aromatic heterocycles. The summed E-state index contributed by atoms with van der Waals surface area (Å²) in [5.74, 6) is 0.0456. The Balaban J connectivity index is 0. The summed E-state index contributed by atoms with van der Waals surface area (Å²) < 4.78 is 0. The molecule has 0 aliphatic carbocycles. The molecule has 0 bridgehead atoms. The molecule has 0 aromatic rings. The van der Waals surface area contributed by atoms with Crippen molar-refractivity contribution in [2.75, 3.05) is 0 Å². The summed E-state index contributed by atoms with van der Waals surface area (Å²) in [6.45, 7) is 16.2. The molecule has 0 aromatic carbocycles. The second-order valence-corrected chi connectivity index (χ2v) is 5.30. The first kappa shape index (κ1) is 15.9. The third kappa shape index (κ3) is 11.5. The van der Waals surface area contributed by atoms with Gasteiger partial charge in [0.05, 0.1) is 0 Å². The highest BCUT2D eigenvalue weighted by molar-refractivity contribution is 5.73. The largest absolute Gasteiger partial charge is 0.351 e. The molecule has 0 spiro atoms. The second-order valence-electron chi connectivity index (χ2n) is 5.30. The summed E-state index contributed by atoms with van der Waals surface area (Å²) in [5.41, 5.74) is 0.163. The van der Waals surface area contributed by atoms with Crippen molar-refractivity contribution in [3.05, 3.63) is 0 Å². The predicted octanol–water partition coefficient (Wildman–Crippen LogP) is 3.36. The number of rotatable bonds is 2. The van der Waals surface area contributed by atoms with Crippen LogP contribution in [-0.2, 0) is 4.79 Å².